The maximum atomic E-state index is 12.2. The third-order valence-corrected chi connectivity index (χ3v) is 5.25. The highest BCUT2D eigenvalue weighted by Crippen LogP contribution is 2.55. The highest BCUT2D eigenvalue weighted by Gasteiger charge is 2.33. The van der Waals surface area contributed by atoms with Crippen molar-refractivity contribution in [1.29, 1.82) is 0 Å². The molecule has 0 aromatic heterocycles. The predicted molar refractivity (Wildman–Crippen MR) is 86.1 cm³/mol. The molecule has 0 saturated heterocycles. The van der Waals surface area contributed by atoms with Crippen molar-refractivity contribution in [3.05, 3.63) is 33.9 Å². The van der Waals surface area contributed by atoms with E-state index in [1.54, 1.807) is 0 Å². The minimum absolute atomic E-state index is 0.283. The molecular formula is C13H17N2O10P. The number of carboxylic acids is 2. The SMILES string of the molecule is NC(CCP(=O)(O)C(O)c1ccc(OCC(=O)O)c([N+](=O)[O-])c1)C(=O)O. The number of hydrogen-bond acceptors (Lipinski definition) is 8. The molecule has 0 amide bonds. The van der Waals surface area contributed by atoms with Crippen LogP contribution in [-0.2, 0) is 14.2 Å². The average Bonchev–Trinajstić information content (AvgIpc) is 2.56. The van der Waals surface area contributed by atoms with Crippen molar-refractivity contribution in [1.82, 2.24) is 0 Å². The van der Waals surface area contributed by atoms with E-state index in [9.17, 15) is 34.3 Å². The van der Waals surface area contributed by atoms with E-state index in [-0.39, 0.29) is 12.0 Å². The summed E-state index contributed by atoms with van der Waals surface area (Å²) in [5.41, 5.74) is 4.25. The Bertz CT molecular complexity index is 752. The van der Waals surface area contributed by atoms with Gasteiger partial charge >= 0.3 is 17.6 Å². The Kier molecular flexibility index (Phi) is 7.21. The summed E-state index contributed by atoms with van der Waals surface area (Å²) in [4.78, 5) is 41.2. The Labute approximate surface area is 146 Å². The Hall–Kier alpha value is -2.53. The second-order valence-corrected chi connectivity index (χ2v) is 7.70. The van der Waals surface area contributed by atoms with Gasteiger partial charge in [0.2, 0.25) is 7.37 Å². The standard InChI is InChI=1S/C13H17N2O10P/c14-8(12(18)19)3-4-26(23,24)13(20)7-1-2-10(25-6-11(16)17)9(5-7)15(21)22/h1-2,5,8,13,20H,3-4,6,14H2,(H,16,17)(H,18,19)(H,23,24). The molecule has 0 aliphatic rings. The van der Waals surface area contributed by atoms with Crippen molar-refractivity contribution in [2.24, 2.45) is 5.73 Å². The second-order valence-electron chi connectivity index (χ2n) is 5.25. The summed E-state index contributed by atoms with van der Waals surface area (Å²) < 4.78 is 17.0. The smallest absolute Gasteiger partial charge is 0.341 e. The Morgan fingerprint density at radius 3 is 2.46 bits per heavy atom. The highest BCUT2D eigenvalue weighted by atomic mass is 31.2. The Balaban J connectivity index is 3.04. The number of aliphatic hydroxyl groups is 1. The van der Waals surface area contributed by atoms with Gasteiger partial charge in [-0.05, 0) is 18.1 Å². The molecule has 144 valence electrons. The normalized spacial score (nSPS) is 15.5. The fourth-order valence-electron chi connectivity index (χ4n) is 1.90. The molecule has 0 bridgehead atoms. The Morgan fingerprint density at radius 2 is 1.96 bits per heavy atom. The first-order valence-electron chi connectivity index (χ1n) is 7.06. The van der Waals surface area contributed by atoms with Gasteiger partial charge in [-0.25, -0.2) is 4.79 Å². The number of hydrogen-bond donors (Lipinski definition) is 5. The van der Waals surface area contributed by atoms with Gasteiger partial charge in [-0.2, -0.15) is 0 Å². The van der Waals surface area contributed by atoms with Crippen LogP contribution in [0.4, 0.5) is 5.69 Å². The maximum Gasteiger partial charge on any atom is 0.341 e. The van der Waals surface area contributed by atoms with Crippen LogP contribution in [0.5, 0.6) is 5.75 Å². The number of ether oxygens (including phenoxy) is 1. The van der Waals surface area contributed by atoms with Gasteiger partial charge in [-0.3, -0.25) is 19.5 Å². The van der Waals surface area contributed by atoms with Gasteiger partial charge in [-0.15, -0.1) is 0 Å². The highest BCUT2D eigenvalue weighted by molar-refractivity contribution is 7.58. The van der Waals surface area contributed by atoms with Gasteiger partial charge in [-0.1, -0.05) is 6.07 Å². The Morgan fingerprint density at radius 1 is 1.35 bits per heavy atom. The molecule has 0 fully saturated rings. The summed E-state index contributed by atoms with van der Waals surface area (Å²) in [7, 11) is -4.34. The molecule has 0 saturated carbocycles. The van der Waals surface area contributed by atoms with Crippen LogP contribution in [0.1, 0.15) is 17.8 Å². The van der Waals surface area contributed by atoms with E-state index < -0.39 is 60.3 Å². The van der Waals surface area contributed by atoms with E-state index in [4.69, 9.17) is 20.7 Å². The van der Waals surface area contributed by atoms with Gasteiger partial charge in [0.1, 0.15) is 6.04 Å². The van der Waals surface area contributed by atoms with Crippen LogP contribution in [0.25, 0.3) is 0 Å². The summed E-state index contributed by atoms with van der Waals surface area (Å²) in [6.07, 6.45) is -1.01. The van der Waals surface area contributed by atoms with Gasteiger partial charge in [0.25, 0.3) is 0 Å². The number of aliphatic hydroxyl groups excluding tert-OH is 1. The lowest BCUT2D eigenvalue weighted by Crippen LogP contribution is -2.31. The average molecular weight is 392 g/mol. The minimum atomic E-state index is -4.34. The van der Waals surface area contributed by atoms with Crippen molar-refractivity contribution < 1.29 is 44.0 Å². The van der Waals surface area contributed by atoms with Crippen molar-refractivity contribution in [3.8, 4) is 5.75 Å². The number of rotatable bonds is 10. The molecule has 13 heteroatoms. The lowest BCUT2D eigenvalue weighted by molar-refractivity contribution is -0.385. The third-order valence-electron chi connectivity index (χ3n) is 3.29. The van der Waals surface area contributed by atoms with E-state index in [2.05, 4.69) is 0 Å². The minimum Gasteiger partial charge on any atom is -0.480 e. The molecule has 6 N–H and O–H groups in total. The summed E-state index contributed by atoms with van der Waals surface area (Å²) in [5.74, 6) is -5.15. The lowest BCUT2D eigenvalue weighted by atomic mass is 10.2. The first-order valence-corrected chi connectivity index (χ1v) is 8.98. The number of benzene rings is 1. The summed E-state index contributed by atoms with van der Waals surface area (Å²) in [6.45, 7) is -0.839. The molecule has 1 aromatic carbocycles. The summed E-state index contributed by atoms with van der Waals surface area (Å²) in [6, 6.07) is 1.43. The van der Waals surface area contributed by atoms with Gasteiger partial charge < -0.3 is 30.7 Å². The van der Waals surface area contributed by atoms with Crippen LogP contribution in [0.3, 0.4) is 0 Å². The molecule has 12 nitrogen and oxygen atoms in total. The van der Waals surface area contributed by atoms with E-state index >= 15 is 0 Å². The number of aliphatic carboxylic acids is 2. The molecule has 0 spiro atoms. The van der Waals surface area contributed by atoms with Crippen LogP contribution in [0, 0.1) is 10.1 Å². The molecule has 0 aliphatic heterocycles. The zero-order chi connectivity index (χ0) is 20.1. The van der Waals surface area contributed by atoms with E-state index in [0.29, 0.717) is 0 Å². The number of carboxylic acid groups (broad SMARTS) is 2. The fraction of sp³-hybridized carbons (Fsp3) is 0.385. The van der Waals surface area contributed by atoms with Crippen LogP contribution in [0.15, 0.2) is 18.2 Å². The third kappa shape index (κ3) is 5.77. The second kappa shape index (κ2) is 8.72. The van der Waals surface area contributed by atoms with Crippen LogP contribution in [0.2, 0.25) is 0 Å². The van der Waals surface area contributed by atoms with E-state index in [1.807, 2.05) is 0 Å². The van der Waals surface area contributed by atoms with E-state index in [0.717, 1.165) is 18.2 Å². The molecule has 26 heavy (non-hydrogen) atoms. The van der Waals surface area contributed by atoms with Crippen molar-refractivity contribution in [2.75, 3.05) is 12.8 Å². The largest absolute Gasteiger partial charge is 0.480 e. The van der Waals surface area contributed by atoms with Crippen LogP contribution in [-0.4, -0.2) is 55.9 Å². The molecule has 1 aromatic rings. The van der Waals surface area contributed by atoms with Crippen molar-refractivity contribution in [3.63, 3.8) is 0 Å². The first kappa shape index (κ1) is 21.5. The number of nitro benzene ring substituents is 1. The quantitative estimate of drug-likeness (QED) is 0.205. The van der Waals surface area contributed by atoms with Crippen LogP contribution < -0.4 is 10.5 Å². The van der Waals surface area contributed by atoms with E-state index in [1.165, 1.54) is 0 Å². The number of nitro groups is 1. The first-order chi connectivity index (χ1) is 12.0. The summed E-state index contributed by atoms with van der Waals surface area (Å²) >= 11 is 0. The molecule has 3 unspecified atom stereocenters. The number of nitrogens with two attached hydrogens (primary N) is 1. The summed E-state index contributed by atoms with van der Waals surface area (Å²) in [5, 5.41) is 38.3. The fourth-order valence-corrected chi connectivity index (χ4v) is 3.42. The molecule has 1 rings (SSSR count). The maximum absolute atomic E-state index is 12.2. The lowest BCUT2D eigenvalue weighted by Gasteiger charge is -2.19. The topological polar surface area (TPSA) is 211 Å². The van der Waals surface area contributed by atoms with Crippen LogP contribution >= 0.6 is 7.37 Å². The van der Waals surface area contributed by atoms with Crippen molar-refractivity contribution in [2.45, 2.75) is 18.3 Å². The van der Waals surface area contributed by atoms with Gasteiger partial charge in [0.15, 0.2) is 18.2 Å². The molecule has 0 aliphatic carbocycles. The zero-order valence-electron chi connectivity index (χ0n) is 13.2. The molecule has 0 heterocycles. The molecule has 0 radical (unpaired) electrons. The zero-order valence-corrected chi connectivity index (χ0v) is 14.1. The van der Waals surface area contributed by atoms with Crippen molar-refractivity contribution >= 4 is 25.0 Å². The molecule has 3 atom stereocenters. The van der Waals surface area contributed by atoms with Gasteiger partial charge in [0, 0.05) is 12.2 Å². The predicted octanol–water partition coefficient (Wildman–Crippen LogP) is 0.121. The monoisotopic (exact) mass is 392 g/mol. The number of nitrogens with zero attached hydrogens (tertiary/aromatic N) is 1. The number of carbonyl (C=O) groups is 2. The molecular weight excluding hydrogens is 375 g/mol. The van der Waals surface area contributed by atoms with Gasteiger partial charge in [0.05, 0.1) is 4.92 Å².